The minimum atomic E-state index is 0.0611. The summed E-state index contributed by atoms with van der Waals surface area (Å²) >= 11 is 0. The number of hydrogen-bond donors (Lipinski definition) is 2. The van der Waals surface area contributed by atoms with Gasteiger partial charge in [-0.15, -0.1) is 0 Å². The predicted octanol–water partition coefficient (Wildman–Crippen LogP) is 6.43. The average Bonchev–Trinajstić information content (AvgIpc) is 2.71. The number of ether oxygens (including phenoxy) is 1. The standard InChI is InChI=1S/C25H48O3/c1-2-3-4-5-6-7-8-9-10-11-12-13-14-15-17-20-25(28-24-23-27)21-18-16-19-22-26/h16,18-19,21,25-27H,2-15,17,20,22-24H2,1H3/t25-/m0/s1. The highest BCUT2D eigenvalue weighted by molar-refractivity contribution is 5.06. The van der Waals surface area contributed by atoms with Crippen LogP contribution in [0.5, 0.6) is 0 Å². The highest BCUT2D eigenvalue weighted by Gasteiger charge is 2.09. The van der Waals surface area contributed by atoms with Crippen LogP contribution >= 0.6 is 0 Å². The molecule has 3 nitrogen and oxygen atoms in total. The Labute approximate surface area is 176 Å². The van der Waals surface area contributed by atoms with Crippen molar-refractivity contribution in [2.75, 3.05) is 19.8 Å². The van der Waals surface area contributed by atoms with Crippen LogP contribution in [0.2, 0.25) is 0 Å². The fraction of sp³-hybridized carbons (Fsp3) is 0.840. The molecule has 0 saturated carbocycles. The molecular weight excluding hydrogens is 348 g/mol. The molecule has 0 aliphatic heterocycles. The van der Waals surface area contributed by atoms with E-state index >= 15 is 0 Å². The Morgan fingerprint density at radius 2 is 1.18 bits per heavy atom. The van der Waals surface area contributed by atoms with Crippen LogP contribution in [-0.4, -0.2) is 36.1 Å². The molecule has 28 heavy (non-hydrogen) atoms. The van der Waals surface area contributed by atoms with E-state index in [2.05, 4.69) is 6.92 Å². The van der Waals surface area contributed by atoms with E-state index in [1.807, 2.05) is 19.3 Å². The first-order chi connectivity index (χ1) is 13.8. The van der Waals surface area contributed by atoms with Crippen molar-refractivity contribution >= 4 is 0 Å². The zero-order valence-corrected chi connectivity index (χ0v) is 18.6. The topological polar surface area (TPSA) is 49.7 Å². The molecular formula is C25H48O3. The van der Waals surface area contributed by atoms with Gasteiger partial charge in [0.1, 0.15) is 0 Å². The summed E-state index contributed by atoms with van der Waals surface area (Å²) in [7, 11) is 0. The molecule has 166 valence electrons. The van der Waals surface area contributed by atoms with Gasteiger partial charge in [0, 0.05) is 6.61 Å². The van der Waals surface area contributed by atoms with Crippen LogP contribution in [0.4, 0.5) is 0 Å². The van der Waals surface area contributed by atoms with Gasteiger partial charge < -0.3 is 14.9 Å². The Balaban J connectivity index is 3.35. The number of aliphatic hydroxyl groups is 2. The third-order valence-corrected chi connectivity index (χ3v) is 5.19. The molecule has 0 rings (SSSR count). The zero-order chi connectivity index (χ0) is 20.5. The Morgan fingerprint density at radius 1 is 0.679 bits per heavy atom. The fourth-order valence-electron chi connectivity index (χ4n) is 3.48. The molecule has 1 atom stereocenters. The summed E-state index contributed by atoms with van der Waals surface area (Å²) in [5.74, 6) is 0. The molecule has 3 heteroatoms. The van der Waals surface area contributed by atoms with E-state index in [1.165, 1.54) is 96.3 Å². The van der Waals surface area contributed by atoms with Gasteiger partial charge in [0.15, 0.2) is 0 Å². The maximum Gasteiger partial charge on any atom is 0.0701 e. The first-order valence-corrected chi connectivity index (χ1v) is 12.0. The van der Waals surface area contributed by atoms with Crippen LogP contribution in [0.15, 0.2) is 0 Å². The van der Waals surface area contributed by atoms with Crippen LogP contribution in [0.25, 0.3) is 0 Å². The Hall–Kier alpha value is -0.120. The minimum absolute atomic E-state index is 0.0611. The maximum atomic E-state index is 8.93. The van der Waals surface area contributed by atoms with Crippen molar-refractivity contribution in [1.29, 1.82) is 0 Å². The summed E-state index contributed by atoms with van der Waals surface area (Å²) in [6.07, 6.45) is 29.2. The lowest BCUT2D eigenvalue weighted by molar-refractivity contribution is 0.0417. The fourth-order valence-corrected chi connectivity index (χ4v) is 3.48. The van der Waals surface area contributed by atoms with E-state index in [0.717, 1.165) is 6.42 Å². The van der Waals surface area contributed by atoms with Gasteiger partial charge in [0.05, 0.1) is 19.3 Å². The lowest BCUT2D eigenvalue weighted by atomic mass is 10.0. The maximum absolute atomic E-state index is 8.93. The molecule has 0 aliphatic carbocycles. The van der Waals surface area contributed by atoms with Crippen molar-refractivity contribution < 1.29 is 14.9 Å². The second kappa shape index (κ2) is 24.9. The molecule has 0 saturated heterocycles. The van der Waals surface area contributed by atoms with Crippen LogP contribution in [0.3, 0.4) is 0 Å². The number of aliphatic hydroxyl groups excluding tert-OH is 2. The quantitative estimate of drug-likeness (QED) is 0.185. The Kier molecular flexibility index (Phi) is 24.8. The van der Waals surface area contributed by atoms with Gasteiger partial charge >= 0.3 is 0 Å². The first-order valence-electron chi connectivity index (χ1n) is 12.0. The second-order valence-electron chi connectivity index (χ2n) is 7.87. The monoisotopic (exact) mass is 396 g/mol. The van der Waals surface area contributed by atoms with Crippen LogP contribution < -0.4 is 0 Å². The molecule has 0 unspecified atom stereocenters. The van der Waals surface area contributed by atoms with Crippen LogP contribution in [0.1, 0.15) is 110 Å². The molecule has 0 bridgehead atoms. The van der Waals surface area contributed by atoms with Gasteiger partial charge in [-0.05, 0) is 32.1 Å². The van der Waals surface area contributed by atoms with Crippen molar-refractivity contribution in [3.05, 3.63) is 25.7 Å². The molecule has 0 aromatic heterocycles. The third kappa shape index (κ3) is 22.2. The Morgan fingerprint density at radius 3 is 1.64 bits per heavy atom. The van der Waals surface area contributed by atoms with E-state index in [1.54, 1.807) is 6.42 Å². The van der Waals surface area contributed by atoms with Crippen LogP contribution in [0, 0.1) is 25.7 Å². The third-order valence-electron chi connectivity index (χ3n) is 5.19. The second-order valence-corrected chi connectivity index (χ2v) is 7.87. The molecule has 0 spiro atoms. The van der Waals surface area contributed by atoms with E-state index in [4.69, 9.17) is 14.9 Å². The highest BCUT2D eigenvalue weighted by Crippen LogP contribution is 2.16. The highest BCUT2D eigenvalue weighted by atomic mass is 16.5. The van der Waals surface area contributed by atoms with Gasteiger partial charge in [0.25, 0.3) is 0 Å². The number of rotatable bonds is 24. The largest absolute Gasteiger partial charge is 0.396 e. The van der Waals surface area contributed by atoms with Crippen molar-refractivity contribution in [3.63, 3.8) is 0 Å². The van der Waals surface area contributed by atoms with Crippen LogP contribution in [-0.2, 0) is 4.74 Å². The average molecular weight is 397 g/mol. The van der Waals surface area contributed by atoms with E-state index in [-0.39, 0.29) is 19.3 Å². The molecule has 2 N–H and O–H groups in total. The summed E-state index contributed by atoms with van der Waals surface area (Å²) in [5.41, 5.74) is 0. The molecule has 0 fully saturated rings. The summed E-state index contributed by atoms with van der Waals surface area (Å²) < 4.78 is 5.66. The molecule has 0 aromatic rings. The summed E-state index contributed by atoms with van der Waals surface area (Å²) in [4.78, 5) is 0. The van der Waals surface area contributed by atoms with Crippen molar-refractivity contribution in [2.45, 2.75) is 116 Å². The van der Waals surface area contributed by atoms with Gasteiger partial charge in [-0.3, -0.25) is 0 Å². The minimum Gasteiger partial charge on any atom is -0.396 e. The lowest BCUT2D eigenvalue weighted by Gasteiger charge is -2.16. The smallest absolute Gasteiger partial charge is 0.0701 e. The van der Waals surface area contributed by atoms with Gasteiger partial charge in [-0.25, -0.2) is 0 Å². The van der Waals surface area contributed by atoms with Crippen molar-refractivity contribution in [3.8, 4) is 0 Å². The van der Waals surface area contributed by atoms with E-state index < -0.39 is 0 Å². The predicted molar refractivity (Wildman–Crippen MR) is 121 cm³/mol. The number of hydrogen-bond acceptors (Lipinski definition) is 3. The zero-order valence-electron chi connectivity index (χ0n) is 18.6. The molecule has 0 heterocycles. The lowest BCUT2D eigenvalue weighted by Crippen LogP contribution is -2.16. The summed E-state index contributed by atoms with van der Waals surface area (Å²) in [6, 6.07) is 0. The molecule has 0 amide bonds. The van der Waals surface area contributed by atoms with Gasteiger partial charge in [-0.1, -0.05) is 103 Å². The molecule has 4 radical (unpaired) electrons. The van der Waals surface area contributed by atoms with Gasteiger partial charge in [0.2, 0.25) is 0 Å². The Bertz CT molecular complexity index is 271. The van der Waals surface area contributed by atoms with E-state index in [9.17, 15) is 0 Å². The van der Waals surface area contributed by atoms with E-state index in [0.29, 0.717) is 6.61 Å². The summed E-state index contributed by atoms with van der Waals surface area (Å²) in [6.45, 7) is 2.79. The first kappa shape index (κ1) is 27.9. The summed E-state index contributed by atoms with van der Waals surface area (Å²) in [5, 5.41) is 17.7. The SMILES string of the molecule is CCCCCCCCCCCCCCCCC[C@@H]([CH][CH][CH][CH]CO)OCCO. The molecule has 0 aromatic carbocycles. The van der Waals surface area contributed by atoms with Crippen molar-refractivity contribution in [1.82, 2.24) is 0 Å². The van der Waals surface area contributed by atoms with Gasteiger partial charge in [-0.2, -0.15) is 0 Å². The van der Waals surface area contributed by atoms with Crippen molar-refractivity contribution in [2.24, 2.45) is 0 Å². The number of unbranched alkanes of at least 4 members (excludes halogenated alkanes) is 16. The molecule has 0 aliphatic rings. The normalized spacial score (nSPS) is 12.5.